The normalized spacial score (nSPS) is 12.9. The quantitative estimate of drug-likeness (QED) is 0.611. The molecule has 1 unspecified atom stereocenters. The average molecular weight is 439 g/mol. The summed E-state index contributed by atoms with van der Waals surface area (Å²) in [6.07, 6.45) is -4.59. The van der Waals surface area contributed by atoms with Gasteiger partial charge in [0.05, 0.1) is 22.2 Å². The van der Waals surface area contributed by atoms with E-state index in [9.17, 15) is 18.0 Å². The van der Waals surface area contributed by atoms with Crippen LogP contribution >= 0.6 is 11.6 Å². The topological polar surface area (TPSA) is 97.0 Å². The number of carbonyl (C=O) groups excluding carboxylic acids is 1. The van der Waals surface area contributed by atoms with Crippen molar-refractivity contribution < 1.29 is 18.0 Å². The molecule has 0 saturated heterocycles. The van der Waals surface area contributed by atoms with Crippen LogP contribution in [-0.4, -0.2) is 46.9 Å². The van der Waals surface area contributed by atoms with Gasteiger partial charge in [0.2, 0.25) is 0 Å². The highest BCUT2D eigenvalue weighted by molar-refractivity contribution is 6.31. The lowest BCUT2D eigenvalue weighted by molar-refractivity contribution is -0.137. The highest BCUT2D eigenvalue weighted by Crippen LogP contribution is 2.37. The number of nitrogens with two attached hydrogens (primary N) is 1. The number of primary amides is 1. The van der Waals surface area contributed by atoms with Crippen molar-refractivity contribution >= 4 is 34.2 Å². The number of fused-ring (bicyclic) bond motifs is 1. The van der Waals surface area contributed by atoms with E-state index in [-0.39, 0.29) is 21.9 Å². The molecule has 3 rings (SSSR count). The molecule has 1 atom stereocenters. The Bertz CT molecular complexity index is 1090. The van der Waals surface area contributed by atoms with Gasteiger partial charge in [0.1, 0.15) is 5.52 Å². The molecule has 3 aromatic rings. The second kappa shape index (κ2) is 8.41. The molecular weight excluding hydrogens is 421 g/mol. The van der Waals surface area contributed by atoms with Crippen molar-refractivity contribution in [2.75, 3.05) is 26.0 Å². The Labute approximate surface area is 175 Å². The maximum atomic E-state index is 13.3. The van der Waals surface area contributed by atoms with Crippen molar-refractivity contribution in [2.24, 2.45) is 5.73 Å². The predicted molar refractivity (Wildman–Crippen MR) is 107 cm³/mol. The minimum atomic E-state index is -4.59. The Morgan fingerprint density at radius 2 is 1.97 bits per heavy atom. The summed E-state index contributed by atoms with van der Waals surface area (Å²) in [5, 5.41) is 14.7. The molecule has 1 aromatic heterocycles. The highest BCUT2D eigenvalue weighted by Gasteiger charge is 2.34. The van der Waals surface area contributed by atoms with E-state index in [2.05, 4.69) is 20.7 Å². The number of halogens is 4. The number of carbonyl (C=O) groups is 1. The fourth-order valence-electron chi connectivity index (χ4n) is 3.05. The molecule has 0 fully saturated rings. The van der Waals surface area contributed by atoms with Crippen LogP contribution < -0.4 is 11.1 Å². The summed E-state index contributed by atoms with van der Waals surface area (Å²) in [6, 6.07) is 7.94. The summed E-state index contributed by atoms with van der Waals surface area (Å²) in [6.45, 7) is 0.347. The van der Waals surface area contributed by atoms with Gasteiger partial charge in [-0.25, -0.2) is 0 Å². The van der Waals surface area contributed by atoms with Crippen molar-refractivity contribution in [3.05, 3.63) is 58.1 Å². The van der Waals surface area contributed by atoms with E-state index in [4.69, 9.17) is 17.3 Å². The van der Waals surface area contributed by atoms with Crippen LogP contribution in [0.3, 0.4) is 0 Å². The zero-order valence-electron chi connectivity index (χ0n) is 16.0. The molecule has 0 saturated carbocycles. The Morgan fingerprint density at radius 3 is 2.60 bits per heavy atom. The van der Waals surface area contributed by atoms with Gasteiger partial charge in [-0.05, 0) is 49.1 Å². The van der Waals surface area contributed by atoms with Crippen LogP contribution in [-0.2, 0) is 6.18 Å². The lowest BCUT2D eigenvalue weighted by Crippen LogP contribution is -2.26. The second-order valence-electron chi connectivity index (χ2n) is 6.90. The summed E-state index contributed by atoms with van der Waals surface area (Å²) >= 11 is 5.75. The second-order valence-corrected chi connectivity index (χ2v) is 7.31. The first-order valence-corrected chi connectivity index (χ1v) is 9.15. The molecule has 1 heterocycles. The van der Waals surface area contributed by atoms with E-state index in [1.807, 2.05) is 4.90 Å². The highest BCUT2D eigenvalue weighted by atomic mass is 35.5. The van der Waals surface area contributed by atoms with Gasteiger partial charge in [0.15, 0.2) is 5.82 Å². The average Bonchev–Trinajstić information content (AvgIpc) is 2.66. The molecule has 3 N–H and O–H groups in total. The Morgan fingerprint density at radius 1 is 1.23 bits per heavy atom. The number of rotatable bonds is 6. The van der Waals surface area contributed by atoms with Crippen LogP contribution in [0.5, 0.6) is 0 Å². The number of benzene rings is 2. The van der Waals surface area contributed by atoms with Crippen LogP contribution in [0.1, 0.15) is 27.5 Å². The van der Waals surface area contributed by atoms with Gasteiger partial charge in [-0.1, -0.05) is 23.7 Å². The van der Waals surface area contributed by atoms with Crippen LogP contribution in [0.4, 0.5) is 19.0 Å². The van der Waals surface area contributed by atoms with Gasteiger partial charge in [-0.15, -0.1) is 10.2 Å². The first kappa shape index (κ1) is 21.7. The van der Waals surface area contributed by atoms with Crippen LogP contribution in [0, 0.1) is 0 Å². The van der Waals surface area contributed by atoms with Gasteiger partial charge in [0, 0.05) is 11.9 Å². The molecule has 158 valence electrons. The zero-order valence-corrected chi connectivity index (χ0v) is 16.8. The number of nitrogens with one attached hydrogen (secondary N) is 1. The van der Waals surface area contributed by atoms with E-state index in [1.165, 1.54) is 18.2 Å². The molecule has 11 heteroatoms. The third-order valence-corrected chi connectivity index (χ3v) is 4.73. The number of aromatic nitrogens is 3. The summed E-state index contributed by atoms with van der Waals surface area (Å²) in [4.78, 5) is 13.5. The number of amides is 1. The van der Waals surface area contributed by atoms with E-state index in [0.717, 1.165) is 6.07 Å². The monoisotopic (exact) mass is 438 g/mol. The largest absolute Gasteiger partial charge is 0.417 e. The lowest BCUT2D eigenvalue weighted by Gasteiger charge is -2.24. The van der Waals surface area contributed by atoms with Crippen molar-refractivity contribution in [1.82, 2.24) is 20.3 Å². The Kier molecular flexibility index (Phi) is 6.09. The smallest absolute Gasteiger partial charge is 0.366 e. The summed E-state index contributed by atoms with van der Waals surface area (Å²) in [7, 11) is 3.58. The Hall–Kier alpha value is -2.98. The van der Waals surface area contributed by atoms with E-state index < -0.39 is 23.7 Å². The number of nitrogens with zero attached hydrogens (tertiary/aromatic N) is 4. The third-order valence-electron chi connectivity index (χ3n) is 4.40. The maximum absolute atomic E-state index is 13.3. The van der Waals surface area contributed by atoms with Crippen molar-refractivity contribution in [3.8, 4) is 0 Å². The van der Waals surface area contributed by atoms with E-state index in [0.29, 0.717) is 17.5 Å². The molecule has 7 nitrogen and oxygen atoms in total. The summed E-state index contributed by atoms with van der Waals surface area (Å²) in [5.41, 5.74) is 5.24. The fourth-order valence-corrected chi connectivity index (χ4v) is 3.28. The standard InChI is InChI=1S/C19H18ClF3N6O/c1-29(2)9-15(10-6-7-14(20)13(8-10)19(21,22)23)25-18-12-5-3-4-11(17(24)30)16(12)26-28-27-18/h3-8,15H,9H2,1-2H3,(H2,24,30)(H,25,26,27). The van der Waals surface area contributed by atoms with Crippen molar-refractivity contribution in [1.29, 1.82) is 0 Å². The van der Waals surface area contributed by atoms with Crippen LogP contribution in [0.25, 0.3) is 10.9 Å². The number of alkyl halides is 3. The number of hydrogen-bond donors (Lipinski definition) is 2. The molecule has 0 aliphatic heterocycles. The van der Waals surface area contributed by atoms with Gasteiger partial charge < -0.3 is 16.0 Å². The minimum Gasteiger partial charge on any atom is -0.366 e. The molecule has 1 amide bonds. The molecule has 0 radical (unpaired) electrons. The molecule has 2 aromatic carbocycles. The minimum absolute atomic E-state index is 0.167. The van der Waals surface area contributed by atoms with Gasteiger partial charge >= 0.3 is 6.18 Å². The first-order valence-electron chi connectivity index (χ1n) is 8.77. The molecule has 0 bridgehead atoms. The molecular formula is C19H18ClF3N6O. The fraction of sp³-hybridized carbons (Fsp3) is 0.263. The molecule has 30 heavy (non-hydrogen) atoms. The lowest BCUT2D eigenvalue weighted by atomic mass is 10.0. The van der Waals surface area contributed by atoms with E-state index >= 15 is 0 Å². The van der Waals surface area contributed by atoms with Crippen LogP contribution in [0.2, 0.25) is 5.02 Å². The Balaban J connectivity index is 2.07. The molecule has 0 aliphatic carbocycles. The maximum Gasteiger partial charge on any atom is 0.417 e. The predicted octanol–water partition coefficient (Wildman–Crippen LogP) is 3.51. The van der Waals surface area contributed by atoms with Crippen LogP contribution in [0.15, 0.2) is 36.4 Å². The van der Waals surface area contributed by atoms with Gasteiger partial charge in [0.25, 0.3) is 5.91 Å². The number of likely N-dealkylation sites (N-methyl/N-ethyl adjacent to an activating group) is 1. The van der Waals surface area contributed by atoms with Gasteiger partial charge in [-0.3, -0.25) is 4.79 Å². The van der Waals surface area contributed by atoms with E-state index in [1.54, 1.807) is 26.2 Å². The summed E-state index contributed by atoms with van der Waals surface area (Å²) in [5.74, 6) is -0.414. The van der Waals surface area contributed by atoms with Crippen molar-refractivity contribution in [3.63, 3.8) is 0 Å². The third kappa shape index (κ3) is 4.60. The van der Waals surface area contributed by atoms with Gasteiger partial charge in [-0.2, -0.15) is 13.2 Å². The van der Waals surface area contributed by atoms with Crippen molar-refractivity contribution in [2.45, 2.75) is 12.2 Å². The molecule has 0 aliphatic rings. The first-order chi connectivity index (χ1) is 14.1. The zero-order chi connectivity index (χ0) is 22.1. The number of anilines is 1. The SMILES string of the molecule is CN(C)CC(Nc1nnnc2c(C(N)=O)cccc12)c1ccc(Cl)c(C(F)(F)F)c1. The summed E-state index contributed by atoms with van der Waals surface area (Å²) < 4.78 is 40.0. The number of hydrogen-bond acceptors (Lipinski definition) is 6. The molecule has 0 spiro atoms.